The molecule has 2 rings (SSSR count). The maximum absolute atomic E-state index is 12.0. The summed E-state index contributed by atoms with van der Waals surface area (Å²) in [4.78, 5) is 16.1. The van der Waals surface area contributed by atoms with Crippen molar-refractivity contribution in [3.63, 3.8) is 0 Å². The van der Waals surface area contributed by atoms with Crippen LogP contribution in [0.4, 0.5) is 11.5 Å². The van der Waals surface area contributed by atoms with Crippen LogP contribution in [0, 0.1) is 6.92 Å². The molecule has 18 heavy (non-hydrogen) atoms. The Morgan fingerprint density at radius 2 is 2.17 bits per heavy atom. The number of benzene rings is 1. The zero-order chi connectivity index (χ0) is 13.1. The van der Waals surface area contributed by atoms with E-state index in [1.807, 2.05) is 19.1 Å². The van der Waals surface area contributed by atoms with Crippen LogP contribution in [0.1, 0.15) is 15.9 Å². The third kappa shape index (κ3) is 2.60. The second kappa shape index (κ2) is 5.06. The molecule has 2 aromatic rings. The van der Waals surface area contributed by atoms with Crippen LogP contribution in [0.15, 0.2) is 36.5 Å². The van der Waals surface area contributed by atoms with E-state index in [1.165, 1.54) is 6.07 Å². The molecule has 1 amide bonds. The number of carbonyl (C=O) groups excluding carboxylic acids is 1. The van der Waals surface area contributed by atoms with Gasteiger partial charge in [-0.2, -0.15) is 0 Å². The Hall–Kier alpha value is -2.07. The van der Waals surface area contributed by atoms with Gasteiger partial charge >= 0.3 is 0 Å². The molecule has 0 saturated carbocycles. The predicted octanol–water partition coefficient (Wildman–Crippen LogP) is 2.88. The van der Waals surface area contributed by atoms with Crippen molar-refractivity contribution < 1.29 is 4.79 Å². The number of amides is 1. The molecule has 0 aliphatic rings. The number of halogens is 1. The van der Waals surface area contributed by atoms with Crippen LogP contribution in [0.3, 0.4) is 0 Å². The lowest BCUT2D eigenvalue weighted by Gasteiger charge is -2.07. The van der Waals surface area contributed by atoms with E-state index in [0.29, 0.717) is 22.1 Å². The molecule has 3 N–H and O–H groups in total. The number of carbonyl (C=O) groups is 1. The fourth-order valence-electron chi connectivity index (χ4n) is 1.46. The number of nitrogens with two attached hydrogens (primary N) is 1. The van der Waals surface area contributed by atoms with Gasteiger partial charge in [-0.15, -0.1) is 0 Å². The Morgan fingerprint density at radius 1 is 1.39 bits per heavy atom. The van der Waals surface area contributed by atoms with Crippen LogP contribution < -0.4 is 11.1 Å². The average molecular weight is 262 g/mol. The quantitative estimate of drug-likeness (QED) is 0.817. The Kier molecular flexibility index (Phi) is 3.48. The highest BCUT2D eigenvalue weighted by atomic mass is 35.5. The van der Waals surface area contributed by atoms with Crippen LogP contribution in [0.2, 0.25) is 5.02 Å². The second-order valence-electron chi connectivity index (χ2n) is 3.86. The number of anilines is 2. The first-order valence-electron chi connectivity index (χ1n) is 5.36. The summed E-state index contributed by atoms with van der Waals surface area (Å²) in [6, 6.07) is 8.44. The topological polar surface area (TPSA) is 68.0 Å². The smallest absolute Gasteiger partial charge is 0.256 e. The molecular weight excluding hydrogens is 250 g/mol. The molecular formula is C13H12ClN3O. The Bertz CT molecular complexity index is 599. The van der Waals surface area contributed by atoms with E-state index >= 15 is 0 Å². The fourth-order valence-corrected chi connectivity index (χ4v) is 1.65. The predicted molar refractivity (Wildman–Crippen MR) is 72.8 cm³/mol. The van der Waals surface area contributed by atoms with Crippen molar-refractivity contribution in [1.82, 2.24) is 4.98 Å². The van der Waals surface area contributed by atoms with Gasteiger partial charge in [-0.3, -0.25) is 4.79 Å². The number of pyridine rings is 1. The number of nitrogen functional groups attached to an aromatic ring is 1. The van der Waals surface area contributed by atoms with E-state index in [4.69, 9.17) is 17.3 Å². The number of hydrogen-bond donors (Lipinski definition) is 2. The SMILES string of the molecule is Cc1cccnc1NC(=O)c1ccc(N)c(Cl)c1. The number of nitrogens with zero attached hydrogens (tertiary/aromatic N) is 1. The minimum Gasteiger partial charge on any atom is -0.398 e. The molecule has 0 spiro atoms. The summed E-state index contributed by atoms with van der Waals surface area (Å²) >= 11 is 5.87. The van der Waals surface area contributed by atoms with Gasteiger partial charge in [0.05, 0.1) is 10.7 Å². The molecule has 92 valence electrons. The molecule has 1 aromatic heterocycles. The van der Waals surface area contributed by atoms with Crippen molar-refractivity contribution in [2.24, 2.45) is 0 Å². The normalized spacial score (nSPS) is 10.1. The molecule has 0 aliphatic carbocycles. The monoisotopic (exact) mass is 261 g/mol. The largest absolute Gasteiger partial charge is 0.398 e. The van der Waals surface area contributed by atoms with Crippen molar-refractivity contribution >= 4 is 29.0 Å². The van der Waals surface area contributed by atoms with Crippen molar-refractivity contribution in [3.05, 3.63) is 52.7 Å². The molecule has 1 aromatic carbocycles. The van der Waals surface area contributed by atoms with E-state index < -0.39 is 0 Å². The Balaban J connectivity index is 2.22. The van der Waals surface area contributed by atoms with Gasteiger partial charge in [0.2, 0.25) is 0 Å². The van der Waals surface area contributed by atoms with Gasteiger partial charge in [-0.25, -0.2) is 4.98 Å². The molecule has 0 fully saturated rings. The molecule has 4 nitrogen and oxygen atoms in total. The fraction of sp³-hybridized carbons (Fsp3) is 0.0769. The third-order valence-electron chi connectivity index (χ3n) is 2.50. The van der Waals surface area contributed by atoms with Gasteiger partial charge in [0, 0.05) is 11.8 Å². The molecule has 0 aliphatic heterocycles. The van der Waals surface area contributed by atoms with Gasteiger partial charge in [0.15, 0.2) is 0 Å². The maximum atomic E-state index is 12.0. The standard InChI is InChI=1S/C13H12ClN3O/c1-8-3-2-6-16-12(8)17-13(18)9-4-5-11(15)10(14)7-9/h2-7H,15H2,1H3,(H,16,17,18). The van der Waals surface area contributed by atoms with Crippen molar-refractivity contribution in [2.75, 3.05) is 11.1 Å². The molecule has 1 heterocycles. The highest BCUT2D eigenvalue weighted by Gasteiger charge is 2.09. The molecule has 0 radical (unpaired) electrons. The van der Waals surface area contributed by atoms with Gasteiger partial charge in [0.1, 0.15) is 5.82 Å². The molecule has 5 heteroatoms. The Morgan fingerprint density at radius 3 is 2.83 bits per heavy atom. The summed E-state index contributed by atoms with van der Waals surface area (Å²) in [5.74, 6) is 0.272. The van der Waals surface area contributed by atoms with E-state index in [2.05, 4.69) is 10.3 Å². The van der Waals surface area contributed by atoms with Crippen LogP contribution >= 0.6 is 11.6 Å². The van der Waals surface area contributed by atoms with Crippen LogP contribution in [-0.4, -0.2) is 10.9 Å². The first-order chi connectivity index (χ1) is 8.58. The minimum atomic E-state index is -0.265. The van der Waals surface area contributed by atoms with E-state index in [-0.39, 0.29) is 5.91 Å². The first-order valence-corrected chi connectivity index (χ1v) is 5.73. The van der Waals surface area contributed by atoms with E-state index in [0.717, 1.165) is 5.56 Å². The number of hydrogen-bond acceptors (Lipinski definition) is 3. The second-order valence-corrected chi connectivity index (χ2v) is 4.27. The molecule has 0 atom stereocenters. The molecule has 0 unspecified atom stereocenters. The zero-order valence-corrected chi connectivity index (χ0v) is 10.5. The molecule has 0 saturated heterocycles. The van der Waals surface area contributed by atoms with Crippen LogP contribution in [0.25, 0.3) is 0 Å². The highest BCUT2D eigenvalue weighted by Crippen LogP contribution is 2.20. The van der Waals surface area contributed by atoms with Gasteiger partial charge in [0.25, 0.3) is 5.91 Å². The summed E-state index contributed by atoms with van der Waals surface area (Å²) in [6.07, 6.45) is 1.62. The van der Waals surface area contributed by atoms with Crippen molar-refractivity contribution in [2.45, 2.75) is 6.92 Å². The summed E-state index contributed by atoms with van der Waals surface area (Å²) in [6.45, 7) is 1.87. The zero-order valence-electron chi connectivity index (χ0n) is 9.77. The third-order valence-corrected chi connectivity index (χ3v) is 2.83. The number of aromatic nitrogens is 1. The van der Waals surface area contributed by atoms with Gasteiger partial charge in [-0.05, 0) is 36.8 Å². The number of aryl methyl sites for hydroxylation is 1. The first kappa shape index (κ1) is 12.4. The Labute approximate surface area is 110 Å². The van der Waals surface area contributed by atoms with E-state index in [9.17, 15) is 4.79 Å². The average Bonchev–Trinajstić information content (AvgIpc) is 2.35. The summed E-state index contributed by atoms with van der Waals surface area (Å²) in [5, 5.41) is 3.09. The van der Waals surface area contributed by atoms with Crippen LogP contribution in [-0.2, 0) is 0 Å². The lowest BCUT2D eigenvalue weighted by Crippen LogP contribution is -2.14. The van der Waals surface area contributed by atoms with Crippen LogP contribution in [0.5, 0.6) is 0 Å². The number of nitrogens with one attached hydrogen (secondary N) is 1. The van der Waals surface area contributed by atoms with Gasteiger partial charge in [-0.1, -0.05) is 17.7 Å². The summed E-state index contributed by atoms with van der Waals surface area (Å²) in [7, 11) is 0. The summed E-state index contributed by atoms with van der Waals surface area (Å²) in [5.41, 5.74) is 7.38. The maximum Gasteiger partial charge on any atom is 0.256 e. The lowest BCUT2D eigenvalue weighted by atomic mass is 10.2. The van der Waals surface area contributed by atoms with Crippen molar-refractivity contribution in [3.8, 4) is 0 Å². The van der Waals surface area contributed by atoms with Crippen molar-refractivity contribution in [1.29, 1.82) is 0 Å². The number of rotatable bonds is 2. The minimum absolute atomic E-state index is 0.265. The molecule has 0 bridgehead atoms. The summed E-state index contributed by atoms with van der Waals surface area (Å²) < 4.78 is 0. The lowest BCUT2D eigenvalue weighted by molar-refractivity contribution is 0.102. The van der Waals surface area contributed by atoms with E-state index in [1.54, 1.807) is 18.3 Å². The van der Waals surface area contributed by atoms with Gasteiger partial charge < -0.3 is 11.1 Å². The highest BCUT2D eigenvalue weighted by molar-refractivity contribution is 6.33.